The first-order valence-electron chi connectivity index (χ1n) is 8.64. The summed E-state index contributed by atoms with van der Waals surface area (Å²) in [4.78, 5) is 34.6. The molecule has 0 bridgehead atoms. The predicted molar refractivity (Wildman–Crippen MR) is 112 cm³/mol. The van der Waals surface area contributed by atoms with Gasteiger partial charge in [-0.25, -0.2) is 0 Å². The predicted octanol–water partition coefficient (Wildman–Crippen LogP) is 3.06. The zero-order valence-corrected chi connectivity index (χ0v) is 17.2. The van der Waals surface area contributed by atoms with Gasteiger partial charge in [-0.05, 0) is 40.7 Å². The summed E-state index contributed by atoms with van der Waals surface area (Å²) in [6, 6.07) is 1.98. The lowest BCUT2D eigenvalue weighted by Crippen LogP contribution is -2.45. The molecule has 1 aromatic rings. The zero-order chi connectivity index (χ0) is 18.9. The Balaban J connectivity index is 2.01. The second kappa shape index (κ2) is 5.69. The minimum atomic E-state index is -0.531. The Morgan fingerprint density at radius 1 is 1.37 bits per heavy atom. The Hall–Kier alpha value is -2.12. The summed E-state index contributed by atoms with van der Waals surface area (Å²) in [5.41, 5.74) is 2.83. The number of benzene rings is 1. The van der Waals surface area contributed by atoms with Crippen molar-refractivity contribution >= 4 is 44.4 Å². The van der Waals surface area contributed by atoms with Gasteiger partial charge >= 0.3 is 0 Å². The number of hydrogen-bond acceptors (Lipinski definition) is 4. The van der Waals surface area contributed by atoms with E-state index >= 15 is 0 Å². The van der Waals surface area contributed by atoms with Crippen LogP contribution in [-0.2, 0) is 17.3 Å². The molecule has 0 amide bonds. The summed E-state index contributed by atoms with van der Waals surface area (Å²) in [5.74, 6) is -0.0423. The number of nitrogens with zero attached hydrogens (tertiary/aromatic N) is 2. The van der Waals surface area contributed by atoms with Crippen molar-refractivity contribution in [2.24, 2.45) is 12.0 Å². The maximum atomic E-state index is 13.4. The molecule has 1 aromatic heterocycles. The smallest absolute Gasteiger partial charge is 0.228 e. The van der Waals surface area contributed by atoms with E-state index in [4.69, 9.17) is 0 Å². The molecule has 2 aliphatic carbocycles. The average molecular weight is 442 g/mol. The van der Waals surface area contributed by atoms with Crippen LogP contribution < -0.4 is 10.8 Å². The largest absolute Gasteiger partial charge is 0.361 e. The lowest BCUT2D eigenvalue weighted by atomic mass is 9.71. The molecule has 4 aliphatic rings. The minimum Gasteiger partial charge on any atom is -0.361 e. The van der Waals surface area contributed by atoms with Gasteiger partial charge in [0, 0.05) is 47.4 Å². The van der Waals surface area contributed by atoms with E-state index in [2.05, 4.69) is 25.9 Å². The monoisotopic (exact) mass is 441 g/mol. The lowest BCUT2D eigenvalue weighted by molar-refractivity contribution is -0.110. The number of thioether (sulfide) groups is 1. The molecule has 0 saturated heterocycles. The first-order chi connectivity index (χ1) is 13.0. The van der Waals surface area contributed by atoms with Crippen LogP contribution in [0.15, 0.2) is 49.8 Å². The Labute approximate surface area is 167 Å². The average Bonchev–Trinajstić information content (AvgIpc) is 2.99. The number of aromatic nitrogens is 2. The van der Waals surface area contributed by atoms with E-state index in [1.165, 1.54) is 0 Å². The summed E-state index contributed by atoms with van der Waals surface area (Å²) >= 11 is 4.99. The molecule has 2 aliphatic heterocycles. The SMILES string of the molecule is CSC1=CC(=O)C(Br)=C[C@]12CCN=c1c2c2[nH]ccc3cn(C)c(c3-2)c1=O. The summed E-state index contributed by atoms with van der Waals surface area (Å²) in [6.07, 6.45) is 10.2. The minimum absolute atomic E-state index is 0.0423. The lowest BCUT2D eigenvalue weighted by Gasteiger charge is -2.38. The maximum Gasteiger partial charge on any atom is 0.228 e. The van der Waals surface area contributed by atoms with Gasteiger partial charge in [0.05, 0.1) is 15.6 Å². The summed E-state index contributed by atoms with van der Waals surface area (Å²) in [6.45, 7) is 0.545. The number of carbonyl (C=O) groups is 1. The van der Waals surface area contributed by atoms with E-state index < -0.39 is 5.41 Å². The van der Waals surface area contributed by atoms with Crippen LogP contribution in [0.4, 0.5) is 0 Å². The highest BCUT2D eigenvalue weighted by molar-refractivity contribution is 9.12. The van der Waals surface area contributed by atoms with Crippen LogP contribution >= 0.6 is 27.7 Å². The number of carbonyl (C=O) groups excluding carboxylic acids is 1. The molecule has 0 saturated carbocycles. The second-order valence-electron chi connectivity index (χ2n) is 7.00. The third kappa shape index (κ3) is 2.09. The van der Waals surface area contributed by atoms with Gasteiger partial charge in [0.2, 0.25) is 5.43 Å². The molecule has 0 aromatic carbocycles. The third-order valence-electron chi connectivity index (χ3n) is 5.62. The summed E-state index contributed by atoms with van der Waals surface area (Å²) < 4.78 is 2.42. The molecule has 1 spiro atoms. The van der Waals surface area contributed by atoms with Gasteiger partial charge in [-0.3, -0.25) is 14.6 Å². The molecule has 136 valence electrons. The van der Waals surface area contributed by atoms with E-state index in [1.54, 1.807) is 17.8 Å². The van der Waals surface area contributed by atoms with Gasteiger partial charge in [-0.1, -0.05) is 6.08 Å². The number of hydrogen-bond donors (Lipinski definition) is 1. The maximum absolute atomic E-state index is 13.4. The molecular formula is C20H16BrN3O2S. The fourth-order valence-electron chi connectivity index (χ4n) is 4.50. The van der Waals surface area contributed by atoms with Gasteiger partial charge in [0.1, 0.15) is 10.9 Å². The number of allylic oxidation sites excluding steroid dienone is 4. The van der Waals surface area contributed by atoms with Crippen LogP contribution in [0.25, 0.3) is 22.2 Å². The van der Waals surface area contributed by atoms with Gasteiger partial charge in [-0.15, -0.1) is 11.8 Å². The molecule has 7 heteroatoms. The van der Waals surface area contributed by atoms with Crippen molar-refractivity contribution in [1.29, 1.82) is 0 Å². The van der Waals surface area contributed by atoms with E-state index in [0.29, 0.717) is 21.9 Å². The highest BCUT2D eigenvalue weighted by atomic mass is 79.9. The number of ketones is 1. The normalized spacial score (nSPS) is 22.1. The number of aryl methyl sites for hydroxylation is 1. The molecule has 1 atom stereocenters. The highest BCUT2D eigenvalue weighted by Gasteiger charge is 2.44. The molecule has 5 rings (SSSR count). The summed E-state index contributed by atoms with van der Waals surface area (Å²) in [7, 11) is 1.89. The standard InChI is InChI=1S/C20H16BrN3O2S/c1-24-9-10-3-5-22-16-14(10)18(24)19(26)17-15(16)20(4-6-23-17)8-11(21)12(25)7-13(20)27-2/h3,5,7-9,22H,4,6H2,1-2H3/t20-/m1/s1. The van der Waals surface area contributed by atoms with Crippen molar-refractivity contribution in [3.63, 3.8) is 0 Å². The van der Waals surface area contributed by atoms with E-state index in [0.717, 1.165) is 33.5 Å². The second-order valence-corrected chi connectivity index (χ2v) is 8.70. The van der Waals surface area contributed by atoms with Crippen LogP contribution in [0.3, 0.4) is 0 Å². The fourth-order valence-corrected chi connectivity index (χ4v) is 5.86. The van der Waals surface area contributed by atoms with Crippen molar-refractivity contribution < 1.29 is 4.79 Å². The fraction of sp³-hybridized carbons (Fsp3) is 0.250. The van der Waals surface area contributed by atoms with Crippen LogP contribution in [-0.4, -0.2) is 28.1 Å². The highest BCUT2D eigenvalue weighted by Crippen LogP contribution is 2.49. The Morgan fingerprint density at radius 3 is 2.96 bits per heavy atom. The molecule has 0 fully saturated rings. The van der Waals surface area contributed by atoms with Crippen LogP contribution in [0.5, 0.6) is 0 Å². The molecule has 0 unspecified atom stereocenters. The molecule has 5 nitrogen and oxygen atoms in total. The number of rotatable bonds is 1. The van der Waals surface area contributed by atoms with Crippen molar-refractivity contribution in [2.45, 2.75) is 11.8 Å². The van der Waals surface area contributed by atoms with Gasteiger partial charge < -0.3 is 9.55 Å². The Bertz CT molecular complexity index is 1280. The number of H-pyrrole nitrogens is 1. The van der Waals surface area contributed by atoms with E-state index in [1.807, 2.05) is 42.4 Å². The zero-order valence-electron chi connectivity index (χ0n) is 14.8. The quantitative estimate of drug-likeness (QED) is 0.630. The van der Waals surface area contributed by atoms with Crippen LogP contribution in [0, 0.1) is 0 Å². The van der Waals surface area contributed by atoms with Crippen molar-refractivity contribution in [3.05, 3.63) is 61.1 Å². The van der Waals surface area contributed by atoms with Crippen molar-refractivity contribution in [3.8, 4) is 11.3 Å². The van der Waals surface area contributed by atoms with E-state index in [-0.39, 0.29) is 11.2 Å². The molecule has 3 heterocycles. The molecule has 1 N–H and O–H groups in total. The van der Waals surface area contributed by atoms with Crippen LogP contribution in [0.1, 0.15) is 12.0 Å². The first kappa shape index (κ1) is 17.0. The molecule has 27 heavy (non-hydrogen) atoms. The first-order valence-corrected chi connectivity index (χ1v) is 10.7. The van der Waals surface area contributed by atoms with Crippen molar-refractivity contribution in [2.75, 3.05) is 12.8 Å². The van der Waals surface area contributed by atoms with Crippen LogP contribution in [0.2, 0.25) is 0 Å². The summed E-state index contributed by atoms with van der Waals surface area (Å²) in [5, 5.41) is 1.52. The molecular weight excluding hydrogens is 426 g/mol. The number of aromatic amines is 1. The van der Waals surface area contributed by atoms with Gasteiger partial charge in [0.15, 0.2) is 5.78 Å². The van der Waals surface area contributed by atoms with Crippen molar-refractivity contribution in [1.82, 2.24) is 9.55 Å². The van der Waals surface area contributed by atoms with Gasteiger partial charge in [-0.2, -0.15) is 0 Å². The van der Waals surface area contributed by atoms with E-state index in [9.17, 15) is 9.59 Å². The Kier molecular flexibility index (Phi) is 3.58. The topological polar surface area (TPSA) is 67.2 Å². The number of fused-ring (bicyclic) bond motifs is 3. The Morgan fingerprint density at radius 2 is 2.19 bits per heavy atom. The van der Waals surface area contributed by atoms with Gasteiger partial charge in [0.25, 0.3) is 0 Å². The third-order valence-corrected chi connectivity index (χ3v) is 7.16. The number of nitrogens with one attached hydrogen (secondary N) is 1. The molecule has 0 radical (unpaired) electrons. The number of pyridine rings is 1. The number of halogens is 1.